The molecule has 0 aromatic heterocycles. The molecule has 1 aromatic rings. The zero-order valence-electron chi connectivity index (χ0n) is 10.4. The molecule has 0 unspecified atom stereocenters. The second-order valence-corrected chi connectivity index (χ2v) is 4.15. The summed E-state index contributed by atoms with van der Waals surface area (Å²) in [5.41, 5.74) is 0.488. The number of methoxy groups -OCH3 is 2. The van der Waals surface area contributed by atoms with Crippen molar-refractivity contribution in [3.8, 4) is 11.5 Å². The molecule has 0 aliphatic carbocycles. The number of aliphatic hydroxyl groups is 1. The number of benzene rings is 1. The van der Waals surface area contributed by atoms with Gasteiger partial charge in [0, 0.05) is 5.56 Å². The number of hydrogen-bond donors (Lipinski definition) is 1. The van der Waals surface area contributed by atoms with Crippen LogP contribution >= 0.6 is 0 Å². The Kier molecular flexibility index (Phi) is 3.84. The Balaban J connectivity index is 2.25. The SMILES string of the molecule is COc1ccc(C(=O)[C@H]2COC[C@H]2O)cc1OC. The fourth-order valence-corrected chi connectivity index (χ4v) is 2.00. The Morgan fingerprint density at radius 1 is 1.28 bits per heavy atom. The molecule has 1 heterocycles. The number of Topliss-reactive ketones (excluding diaryl/α,β-unsaturated/α-hetero) is 1. The Labute approximate surface area is 105 Å². The van der Waals surface area contributed by atoms with Crippen LogP contribution in [-0.2, 0) is 4.74 Å². The van der Waals surface area contributed by atoms with Gasteiger partial charge in [-0.2, -0.15) is 0 Å². The number of hydrogen-bond acceptors (Lipinski definition) is 5. The molecule has 1 N–H and O–H groups in total. The highest BCUT2D eigenvalue weighted by molar-refractivity contribution is 5.99. The van der Waals surface area contributed by atoms with Crippen molar-refractivity contribution in [3.05, 3.63) is 23.8 Å². The zero-order chi connectivity index (χ0) is 13.1. The molecule has 0 bridgehead atoms. The van der Waals surface area contributed by atoms with Crippen LogP contribution in [0.5, 0.6) is 11.5 Å². The first-order chi connectivity index (χ1) is 8.67. The van der Waals surface area contributed by atoms with Gasteiger partial charge in [0.25, 0.3) is 0 Å². The van der Waals surface area contributed by atoms with E-state index in [0.717, 1.165) is 0 Å². The molecule has 0 radical (unpaired) electrons. The molecule has 1 fully saturated rings. The molecule has 1 aromatic carbocycles. The lowest BCUT2D eigenvalue weighted by molar-refractivity contribution is 0.0790. The molecule has 0 spiro atoms. The molecule has 2 rings (SSSR count). The van der Waals surface area contributed by atoms with E-state index in [1.54, 1.807) is 18.2 Å². The van der Waals surface area contributed by atoms with Crippen molar-refractivity contribution >= 4 is 5.78 Å². The van der Waals surface area contributed by atoms with Gasteiger partial charge >= 0.3 is 0 Å². The fraction of sp³-hybridized carbons (Fsp3) is 0.462. The largest absolute Gasteiger partial charge is 0.493 e. The minimum atomic E-state index is -0.731. The second-order valence-electron chi connectivity index (χ2n) is 4.15. The summed E-state index contributed by atoms with van der Waals surface area (Å²) >= 11 is 0. The zero-order valence-corrected chi connectivity index (χ0v) is 10.4. The highest BCUT2D eigenvalue weighted by Crippen LogP contribution is 2.29. The molecular formula is C13H16O5. The van der Waals surface area contributed by atoms with Crippen molar-refractivity contribution < 1.29 is 24.1 Å². The number of ketones is 1. The summed E-state index contributed by atoms with van der Waals surface area (Å²) in [5, 5.41) is 9.65. The van der Waals surface area contributed by atoms with Gasteiger partial charge in [-0.1, -0.05) is 0 Å². The van der Waals surface area contributed by atoms with Crippen molar-refractivity contribution in [2.45, 2.75) is 6.10 Å². The summed E-state index contributed by atoms with van der Waals surface area (Å²) in [5.74, 6) is 0.429. The summed E-state index contributed by atoms with van der Waals surface area (Å²) in [4.78, 5) is 12.2. The number of ether oxygens (including phenoxy) is 3. The Morgan fingerprint density at radius 2 is 2.00 bits per heavy atom. The van der Waals surface area contributed by atoms with Crippen molar-refractivity contribution in [1.82, 2.24) is 0 Å². The molecule has 2 atom stereocenters. The Morgan fingerprint density at radius 3 is 2.56 bits per heavy atom. The van der Waals surface area contributed by atoms with Gasteiger partial charge in [0.15, 0.2) is 17.3 Å². The molecule has 1 aliphatic heterocycles. The summed E-state index contributed by atoms with van der Waals surface area (Å²) in [6.07, 6.45) is -0.731. The van der Waals surface area contributed by atoms with Crippen LogP contribution in [0, 0.1) is 5.92 Å². The van der Waals surface area contributed by atoms with Gasteiger partial charge in [-0.25, -0.2) is 0 Å². The first-order valence-corrected chi connectivity index (χ1v) is 5.69. The van der Waals surface area contributed by atoms with Crippen molar-refractivity contribution in [1.29, 1.82) is 0 Å². The maximum absolute atomic E-state index is 12.2. The van der Waals surface area contributed by atoms with E-state index in [4.69, 9.17) is 14.2 Å². The number of carbonyl (C=O) groups is 1. The Bertz CT molecular complexity index is 443. The summed E-state index contributed by atoms with van der Waals surface area (Å²) in [7, 11) is 3.05. The first kappa shape index (κ1) is 12.9. The fourth-order valence-electron chi connectivity index (χ4n) is 2.00. The quantitative estimate of drug-likeness (QED) is 0.806. The first-order valence-electron chi connectivity index (χ1n) is 5.69. The molecule has 0 amide bonds. The highest BCUT2D eigenvalue weighted by Gasteiger charge is 2.33. The van der Waals surface area contributed by atoms with Gasteiger partial charge in [0.05, 0.1) is 39.5 Å². The molecule has 5 heteroatoms. The lowest BCUT2D eigenvalue weighted by Gasteiger charge is -2.13. The monoisotopic (exact) mass is 252 g/mol. The van der Waals surface area contributed by atoms with E-state index in [1.807, 2.05) is 0 Å². The van der Waals surface area contributed by atoms with E-state index >= 15 is 0 Å². The minimum absolute atomic E-state index is 0.138. The minimum Gasteiger partial charge on any atom is -0.493 e. The molecule has 18 heavy (non-hydrogen) atoms. The van der Waals surface area contributed by atoms with Crippen LogP contribution in [-0.4, -0.2) is 44.4 Å². The third kappa shape index (κ3) is 2.32. The molecule has 0 saturated carbocycles. The molecule has 1 saturated heterocycles. The average molecular weight is 252 g/mol. The van der Waals surface area contributed by atoms with Crippen LogP contribution in [0.25, 0.3) is 0 Å². The third-order valence-corrected chi connectivity index (χ3v) is 3.06. The standard InChI is InChI=1S/C13H16O5/c1-16-11-4-3-8(5-12(11)17-2)13(15)9-6-18-7-10(9)14/h3-5,9-10,14H,6-7H2,1-2H3/t9-,10+/m0/s1. The smallest absolute Gasteiger partial charge is 0.171 e. The van der Waals surface area contributed by atoms with E-state index in [1.165, 1.54) is 14.2 Å². The van der Waals surface area contributed by atoms with Crippen molar-refractivity contribution in [3.63, 3.8) is 0 Å². The number of carbonyl (C=O) groups excluding carboxylic acids is 1. The topological polar surface area (TPSA) is 65.0 Å². The summed E-state index contributed by atoms with van der Waals surface area (Å²) in [6.45, 7) is 0.470. The third-order valence-electron chi connectivity index (χ3n) is 3.06. The maximum atomic E-state index is 12.2. The lowest BCUT2D eigenvalue weighted by Crippen LogP contribution is -2.26. The van der Waals surface area contributed by atoms with Crippen LogP contribution in [0.15, 0.2) is 18.2 Å². The normalized spacial score (nSPS) is 22.8. The highest BCUT2D eigenvalue weighted by atomic mass is 16.5. The van der Waals surface area contributed by atoms with Gasteiger partial charge in [-0.3, -0.25) is 4.79 Å². The summed E-state index contributed by atoms with van der Waals surface area (Å²) in [6, 6.07) is 4.95. The van der Waals surface area contributed by atoms with Crippen LogP contribution < -0.4 is 9.47 Å². The van der Waals surface area contributed by atoms with Crippen LogP contribution in [0.2, 0.25) is 0 Å². The van der Waals surface area contributed by atoms with Crippen molar-refractivity contribution in [2.24, 2.45) is 5.92 Å². The summed E-state index contributed by atoms with van der Waals surface area (Å²) < 4.78 is 15.3. The Hall–Kier alpha value is -1.59. The van der Waals surface area contributed by atoms with Crippen molar-refractivity contribution in [2.75, 3.05) is 27.4 Å². The van der Waals surface area contributed by atoms with E-state index < -0.39 is 12.0 Å². The van der Waals surface area contributed by atoms with Gasteiger partial charge in [0.2, 0.25) is 0 Å². The average Bonchev–Trinajstić information content (AvgIpc) is 2.83. The van der Waals surface area contributed by atoms with Crippen LogP contribution in [0.1, 0.15) is 10.4 Å². The predicted molar refractivity (Wildman–Crippen MR) is 64.2 cm³/mol. The van der Waals surface area contributed by atoms with E-state index in [0.29, 0.717) is 17.1 Å². The van der Waals surface area contributed by atoms with Gasteiger partial charge in [0.1, 0.15) is 0 Å². The lowest BCUT2D eigenvalue weighted by atomic mass is 9.95. The molecule has 1 aliphatic rings. The molecule has 5 nitrogen and oxygen atoms in total. The maximum Gasteiger partial charge on any atom is 0.171 e. The molecule has 98 valence electrons. The van der Waals surface area contributed by atoms with E-state index in [-0.39, 0.29) is 19.0 Å². The molecular weight excluding hydrogens is 236 g/mol. The van der Waals surface area contributed by atoms with Gasteiger partial charge < -0.3 is 19.3 Å². The van der Waals surface area contributed by atoms with Gasteiger partial charge in [-0.15, -0.1) is 0 Å². The second kappa shape index (κ2) is 5.37. The van der Waals surface area contributed by atoms with E-state index in [9.17, 15) is 9.90 Å². The van der Waals surface area contributed by atoms with Crippen LogP contribution in [0.3, 0.4) is 0 Å². The number of aliphatic hydroxyl groups excluding tert-OH is 1. The van der Waals surface area contributed by atoms with E-state index in [2.05, 4.69) is 0 Å². The predicted octanol–water partition coefficient (Wildman–Crippen LogP) is 0.894. The van der Waals surface area contributed by atoms with Crippen LogP contribution in [0.4, 0.5) is 0 Å². The van der Waals surface area contributed by atoms with Gasteiger partial charge in [-0.05, 0) is 18.2 Å². The number of rotatable bonds is 4.